The Labute approximate surface area is 140 Å². The van der Waals surface area contributed by atoms with Gasteiger partial charge in [-0.05, 0) is 74.5 Å². The van der Waals surface area contributed by atoms with Crippen LogP contribution in [-0.4, -0.2) is 6.61 Å². The molecular formula is C19H24F4O. The first-order valence-electron chi connectivity index (χ1n) is 8.59. The van der Waals surface area contributed by atoms with Gasteiger partial charge in [-0.15, -0.1) is 0 Å². The van der Waals surface area contributed by atoms with Crippen LogP contribution in [0.1, 0.15) is 51.0 Å². The third-order valence-electron chi connectivity index (χ3n) is 4.64. The Kier molecular flexibility index (Phi) is 7.13. The van der Waals surface area contributed by atoms with Gasteiger partial charge in [-0.3, -0.25) is 0 Å². The molecule has 1 fully saturated rings. The molecule has 1 aromatic rings. The molecule has 134 valence electrons. The number of ether oxygens (including phenoxy) is 1. The van der Waals surface area contributed by atoms with Crippen LogP contribution in [0.15, 0.2) is 24.3 Å². The van der Waals surface area contributed by atoms with E-state index in [4.69, 9.17) is 0 Å². The van der Waals surface area contributed by atoms with Crippen LogP contribution < -0.4 is 4.74 Å². The molecule has 0 atom stereocenters. The van der Waals surface area contributed by atoms with E-state index in [2.05, 4.69) is 23.8 Å². The minimum absolute atomic E-state index is 0.486. The predicted octanol–water partition coefficient (Wildman–Crippen LogP) is 6.27. The van der Waals surface area contributed by atoms with E-state index in [0.29, 0.717) is 23.8 Å². The zero-order valence-electron chi connectivity index (χ0n) is 13.9. The van der Waals surface area contributed by atoms with Gasteiger partial charge in [0.25, 0.3) is 0 Å². The summed E-state index contributed by atoms with van der Waals surface area (Å²) in [5, 5.41) is 0. The molecular weight excluding hydrogens is 320 g/mol. The molecule has 0 aromatic heterocycles. The van der Waals surface area contributed by atoms with Gasteiger partial charge in [0.15, 0.2) is 17.4 Å². The fourth-order valence-corrected chi connectivity index (χ4v) is 3.33. The Morgan fingerprint density at radius 1 is 1.12 bits per heavy atom. The first-order valence-corrected chi connectivity index (χ1v) is 8.59. The number of hydrogen-bond donors (Lipinski definition) is 0. The summed E-state index contributed by atoms with van der Waals surface area (Å²) in [5.74, 6) is -1.93. The summed E-state index contributed by atoms with van der Waals surface area (Å²) in [5.41, 5.74) is 0.486. The van der Waals surface area contributed by atoms with E-state index in [1.807, 2.05) is 0 Å². The van der Waals surface area contributed by atoms with Crippen LogP contribution in [0.3, 0.4) is 0 Å². The van der Waals surface area contributed by atoms with E-state index in [1.165, 1.54) is 0 Å². The summed E-state index contributed by atoms with van der Waals surface area (Å²) in [7, 11) is 0. The molecule has 0 spiro atoms. The monoisotopic (exact) mass is 344 g/mol. The second kappa shape index (κ2) is 9.09. The molecule has 24 heavy (non-hydrogen) atoms. The van der Waals surface area contributed by atoms with Crippen molar-refractivity contribution in [1.29, 1.82) is 0 Å². The van der Waals surface area contributed by atoms with Gasteiger partial charge in [0, 0.05) is 0 Å². The molecule has 1 aromatic carbocycles. The number of halogens is 4. The number of aryl methyl sites for hydroxylation is 1. The van der Waals surface area contributed by atoms with E-state index < -0.39 is 24.0 Å². The van der Waals surface area contributed by atoms with Gasteiger partial charge in [0.2, 0.25) is 0 Å². The molecule has 0 N–H and O–H groups in total. The fraction of sp³-hybridized carbons (Fsp3) is 0.579. The highest BCUT2D eigenvalue weighted by atomic mass is 19.3. The van der Waals surface area contributed by atoms with Gasteiger partial charge >= 0.3 is 6.61 Å². The molecule has 2 rings (SSSR count). The molecule has 1 aliphatic carbocycles. The van der Waals surface area contributed by atoms with Crippen LogP contribution in [0.2, 0.25) is 0 Å². The van der Waals surface area contributed by atoms with Gasteiger partial charge in [-0.1, -0.05) is 19.1 Å². The minimum Gasteiger partial charge on any atom is -0.429 e. The van der Waals surface area contributed by atoms with Crippen LogP contribution >= 0.6 is 0 Å². The van der Waals surface area contributed by atoms with Gasteiger partial charge in [-0.2, -0.15) is 8.78 Å². The molecule has 1 nitrogen and oxygen atoms in total. The lowest BCUT2D eigenvalue weighted by atomic mass is 9.79. The summed E-state index contributed by atoms with van der Waals surface area (Å²) in [6.45, 7) is -1.12. The Bertz CT molecular complexity index is 525. The molecule has 1 aliphatic rings. The third-order valence-corrected chi connectivity index (χ3v) is 4.64. The Morgan fingerprint density at radius 3 is 2.29 bits per heavy atom. The number of alkyl halides is 2. The average Bonchev–Trinajstić information content (AvgIpc) is 2.55. The summed E-state index contributed by atoms with van der Waals surface area (Å²) in [6.07, 6.45) is 11.5. The normalized spacial score (nSPS) is 21.6. The van der Waals surface area contributed by atoms with Crippen molar-refractivity contribution in [3.63, 3.8) is 0 Å². The lowest BCUT2D eigenvalue weighted by Crippen LogP contribution is -2.14. The molecule has 0 heterocycles. The SMILES string of the molecule is CC/C=C/C1CCC(CCc2cc(F)c(OC(F)F)c(F)c2)CC1. The van der Waals surface area contributed by atoms with Gasteiger partial charge < -0.3 is 4.74 Å². The molecule has 0 radical (unpaired) electrons. The zero-order chi connectivity index (χ0) is 17.5. The summed E-state index contributed by atoms with van der Waals surface area (Å²) in [4.78, 5) is 0. The highest BCUT2D eigenvalue weighted by molar-refractivity contribution is 5.31. The number of allylic oxidation sites excluding steroid dienone is 2. The van der Waals surface area contributed by atoms with Crippen molar-refractivity contribution >= 4 is 0 Å². The summed E-state index contributed by atoms with van der Waals surface area (Å²) in [6, 6.07) is 2.19. The second-order valence-electron chi connectivity index (χ2n) is 6.42. The van der Waals surface area contributed by atoms with Crippen molar-refractivity contribution in [1.82, 2.24) is 0 Å². The fourth-order valence-electron chi connectivity index (χ4n) is 3.33. The first-order chi connectivity index (χ1) is 11.5. The lowest BCUT2D eigenvalue weighted by Gasteiger charge is -2.26. The van der Waals surface area contributed by atoms with Gasteiger partial charge in [0.1, 0.15) is 0 Å². The highest BCUT2D eigenvalue weighted by Crippen LogP contribution is 2.33. The zero-order valence-corrected chi connectivity index (χ0v) is 13.9. The quantitative estimate of drug-likeness (QED) is 0.418. The molecule has 0 amide bonds. The average molecular weight is 344 g/mol. The summed E-state index contributed by atoms with van der Waals surface area (Å²) >= 11 is 0. The predicted molar refractivity (Wildman–Crippen MR) is 86.2 cm³/mol. The van der Waals surface area contributed by atoms with Crippen molar-refractivity contribution in [2.45, 2.75) is 58.5 Å². The van der Waals surface area contributed by atoms with Gasteiger partial charge in [-0.25, -0.2) is 8.78 Å². The van der Waals surface area contributed by atoms with E-state index in [-0.39, 0.29) is 0 Å². The Hall–Kier alpha value is -1.52. The van der Waals surface area contributed by atoms with Crippen LogP contribution in [0, 0.1) is 23.5 Å². The third kappa shape index (κ3) is 5.53. The molecule has 0 aliphatic heterocycles. The smallest absolute Gasteiger partial charge is 0.387 e. The minimum atomic E-state index is -3.24. The molecule has 5 heteroatoms. The maximum atomic E-state index is 13.7. The lowest BCUT2D eigenvalue weighted by molar-refractivity contribution is -0.0546. The van der Waals surface area contributed by atoms with Crippen molar-refractivity contribution in [3.05, 3.63) is 41.5 Å². The topological polar surface area (TPSA) is 9.23 Å². The van der Waals surface area contributed by atoms with E-state index >= 15 is 0 Å². The van der Waals surface area contributed by atoms with Crippen molar-refractivity contribution < 1.29 is 22.3 Å². The summed E-state index contributed by atoms with van der Waals surface area (Å²) < 4.78 is 55.5. The van der Waals surface area contributed by atoms with E-state index in [1.54, 1.807) is 0 Å². The first kappa shape index (κ1) is 18.8. The van der Waals surface area contributed by atoms with Crippen molar-refractivity contribution in [2.24, 2.45) is 11.8 Å². The maximum Gasteiger partial charge on any atom is 0.387 e. The number of benzene rings is 1. The van der Waals surface area contributed by atoms with Crippen LogP contribution in [0.5, 0.6) is 5.75 Å². The molecule has 0 unspecified atom stereocenters. The van der Waals surface area contributed by atoms with Crippen molar-refractivity contribution in [3.8, 4) is 5.75 Å². The standard InChI is InChI=1S/C19H24F4O/c1-2-3-4-13-5-7-14(8-6-13)9-10-15-11-16(20)18(17(21)12-15)24-19(22)23/h3-4,11-14,19H,2,5-10H2,1H3/b4-3+. The van der Waals surface area contributed by atoms with E-state index in [0.717, 1.165) is 50.7 Å². The largest absolute Gasteiger partial charge is 0.429 e. The van der Waals surface area contributed by atoms with E-state index in [9.17, 15) is 17.6 Å². The molecule has 0 saturated heterocycles. The Balaban J connectivity index is 1.86. The van der Waals surface area contributed by atoms with Crippen LogP contribution in [0.4, 0.5) is 17.6 Å². The number of rotatable bonds is 7. The maximum absolute atomic E-state index is 13.7. The van der Waals surface area contributed by atoms with Crippen LogP contribution in [0.25, 0.3) is 0 Å². The highest BCUT2D eigenvalue weighted by Gasteiger charge is 2.20. The van der Waals surface area contributed by atoms with Gasteiger partial charge in [0.05, 0.1) is 0 Å². The number of hydrogen-bond acceptors (Lipinski definition) is 1. The Morgan fingerprint density at radius 2 is 1.75 bits per heavy atom. The molecule has 0 bridgehead atoms. The second-order valence-corrected chi connectivity index (χ2v) is 6.42. The molecule has 1 saturated carbocycles. The van der Waals surface area contributed by atoms with Crippen LogP contribution in [-0.2, 0) is 6.42 Å². The van der Waals surface area contributed by atoms with Crippen molar-refractivity contribution in [2.75, 3.05) is 0 Å².